The van der Waals surface area contributed by atoms with E-state index >= 15 is 0 Å². The minimum atomic E-state index is -0.293. The van der Waals surface area contributed by atoms with Gasteiger partial charge in [0.05, 0.1) is 28.6 Å². The van der Waals surface area contributed by atoms with Gasteiger partial charge in [-0.1, -0.05) is 30.3 Å². The van der Waals surface area contributed by atoms with Crippen molar-refractivity contribution in [3.05, 3.63) is 107 Å². The third kappa shape index (κ3) is 6.24. The molecule has 0 atom stereocenters. The van der Waals surface area contributed by atoms with Crippen LogP contribution in [0.25, 0.3) is 11.3 Å². The van der Waals surface area contributed by atoms with Crippen LogP contribution in [0.4, 0.5) is 10.2 Å². The molecule has 4 aromatic rings. The van der Waals surface area contributed by atoms with Crippen LogP contribution in [-0.2, 0) is 12.8 Å². The number of nitriles is 1. The van der Waals surface area contributed by atoms with E-state index in [9.17, 15) is 14.4 Å². The second-order valence-electron chi connectivity index (χ2n) is 7.76. The Hall–Kier alpha value is -4.64. The number of benzene rings is 2. The quantitative estimate of drug-likeness (QED) is 0.384. The Morgan fingerprint density at radius 3 is 2.69 bits per heavy atom. The smallest absolute Gasteiger partial charge is 0.255 e. The molecule has 0 saturated carbocycles. The van der Waals surface area contributed by atoms with E-state index < -0.39 is 0 Å². The minimum Gasteiger partial charge on any atom is -0.369 e. The van der Waals surface area contributed by atoms with E-state index in [1.807, 2.05) is 18.2 Å². The SMILES string of the molecule is N#Cc1ccccc1-c1ccc(C(=O)NCCc2cnccn2)c(NCCc2cccc(F)c2)n1. The number of carbonyl (C=O) groups excluding carboxylic acids is 1. The summed E-state index contributed by atoms with van der Waals surface area (Å²) in [4.78, 5) is 25.9. The minimum absolute atomic E-state index is 0.283. The van der Waals surface area contributed by atoms with E-state index in [0.29, 0.717) is 54.1 Å². The monoisotopic (exact) mass is 466 g/mol. The summed E-state index contributed by atoms with van der Waals surface area (Å²) < 4.78 is 13.5. The molecular formula is C27H23FN6O. The number of carbonyl (C=O) groups is 1. The van der Waals surface area contributed by atoms with Crippen LogP contribution >= 0.6 is 0 Å². The molecule has 4 rings (SSSR count). The van der Waals surface area contributed by atoms with Gasteiger partial charge < -0.3 is 10.6 Å². The first kappa shape index (κ1) is 23.5. The first-order chi connectivity index (χ1) is 17.1. The number of hydrogen-bond donors (Lipinski definition) is 2. The maximum Gasteiger partial charge on any atom is 0.255 e. The molecule has 0 spiro atoms. The summed E-state index contributed by atoms with van der Waals surface area (Å²) in [5.74, 6) is -0.183. The topological polar surface area (TPSA) is 104 Å². The Morgan fingerprint density at radius 1 is 1.00 bits per heavy atom. The molecule has 2 aromatic carbocycles. The Labute approximate surface area is 202 Å². The van der Waals surface area contributed by atoms with Gasteiger partial charge in [-0.05, 0) is 42.3 Å². The van der Waals surface area contributed by atoms with Crippen LogP contribution in [0.1, 0.15) is 27.2 Å². The number of nitrogens with one attached hydrogen (secondary N) is 2. The van der Waals surface area contributed by atoms with Crippen molar-refractivity contribution in [3.63, 3.8) is 0 Å². The van der Waals surface area contributed by atoms with Gasteiger partial charge in [0.25, 0.3) is 5.91 Å². The number of pyridine rings is 1. The lowest BCUT2D eigenvalue weighted by atomic mass is 10.0. The molecule has 0 saturated heterocycles. The second-order valence-corrected chi connectivity index (χ2v) is 7.76. The molecule has 0 fully saturated rings. The van der Waals surface area contributed by atoms with Gasteiger partial charge in [0.1, 0.15) is 11.6 Å². The largest absolute Gasteiger partial charge is 0.369 e. The van der Waals surface area contributed by atoms with Crippen LogP contribution in [0.3, 0.4) is 0 Å². The molecule has 8 heteroatoms. The zero-order chi connectivity index (χ0) is 24.5. The summed E-state index contributed by atoms with van der Waals surface area (Å²) in [5.41, 5.74) is 3.74. The molecule has 0 radical (unpaired) electrons. The van der Waals surface area contributed by atoms with Crippen LogP contribution in [-0.4, -0.2) is 33.9 Å². The molecule has 0 bridgehead atoms. The molecule has 2 heterocycles. The van der Waals surface area contributed by atoms with E-state index in [1.54, 1.807) is 48.9 Å². The van der Waals surface area contributed by atoms with E-state index in [-0.39, 0.29) is 11.7 Å². The van der Waals surface area contributed by atoms with Crippen molar-refractivity contribution in [2.24, 2.45) is 0 Å². The third-order valence-corrected chi connectivity index (χ3v) is 5.34. The fourth-order valence-electron chi connectivity index (χ4n) is 3.61. The molecule has 7 nitrogen and oxygen atoms in total. The summed E-state index contributed by atoms with van der Waals surface area (Å²) in [6.45, 7) is 0.832. The molecule has 0 aliphatic carbocycles. The second kappa shape index (κ2) is 11.5. The van der Waals surface area contributed by atoms with Gasteiger partial charge in [-0.25, -0.2) is 9.37 Å². The Kier molecular flexibility index (Phi) is 7.71. The molecule has 1 amide bonds. The lowest BCUT2D eigenvalue weighted by Gasteiger charge is -2.14. The predicted octanol–water partition coefficient (Wildman–Crippen LogP) is 4.18. The summed E-state index contributed by atoms with van der Waals surface area (Å²) in [6.07, 6.45) is 5.96. The van der Waals surface area contributed by atoms with Crippen LogP contribution in [0.2, 0.25) is 0 Å². The van der Waals surface area contributed by atoms with Gasteiger partial charge in [0, 0.05) is 43.7 Å². The van der Waals surface area contributed by atoms with Crippen LogP contribution in [0, 0.1) is 17.1 Å². The van der Waals surface area contributed by atoms with E-state index in [2.05, 4.69) is 31.7 Å². The summed E-state index contributed by atoms with van der Waals surface area (Å²) in [5, 5.41) is 15.6. The zero-order valence-electron chi connectivity index (χ0n) is 18.9. The van der Waals surface area contributed by atoms with Crippen molar-refractivity contribution >= 4 is 11.7 Å². The molecule has 35 heavy (non-hydrogen) atoms. The Morgan fingerprint density at radius 2 is 1.89 bits per heavy atom. The fourth-order valence-corrected chi connectivity index (χ4v) is 3.61. The van der Waals surface area contributed by atoms with Gasteiger partial charge in [-0.3, -0.25) is 14.8 Å². The highest BCUT2D eigenvalue weighted by molar-refractivity contribution is 5.99. The summed E-state index contributed by atoms with van der Waals surface area (Å²) in [7, 11) is 0. The van der Waals surface area contributed by atoms with Gasteiger partial charge in [0.2, 0.25) is 0 Å². The first-order valence-electron chi connectivity index (χ1n) is 11.2. The number of nitrogens with zero attached hydrogens (tertiary/aromatic N) is 4. The van der Waals surface area contributed by atoms with Crippen molar-refractivity contribution in [2.45, 2.75) is 12.8 Å². The first-order valence-corrected chi connectivity index (χ1v) is 11.2. The number of aromatic nitrogens is 3. The zero-order valence-corrected chi connectivity index (χ0v) is 18.9. The maximum absolute atomic E-state index is 13.5. The average molecular weight is 467 g/mol. The molecule has 0 aliphatic rings. The number of rotatable bonds is 9. The van der Waals surface area contributed by atoms with E-state index in [1.165, 1.54) is 12.1 Å². The average Bonchev–Trinajstić information content (AvgIpc) is 2.89. The Balaban J connectivity index is 1.54. The molecule has 0 unspecified atom stereocenters. The van der Waals surface area contributed by atoms with Crippen molar-refractivity contribution < 1.29 is 9.18 Å². The molecule has 2 N–H and O–H groups in total. The molecule has 2 aromatic heterocycles. The molecular weight excluding hydrogens is 443 g/mol. The van der Waals surface area contributed by atoms with Crippen molar-refractivity contribution in [2.75, 3.05) is 18.4 Å². The Bertz CT molecular complexity index is 1350. The van der Waals surface area contributed by atoms with Gasteiger partial charge in [0.15, 0.2) is 0 Å². The van der Waals surface area contributed by atoms with Crippen LogP contribution in [0.15, 0.2) is 79.3 Å². The van der Waals surface area contributed by atoms with Gasteiger partial charge in [-0.2, -0.15) is 5.26 Å². The van der Waals surface area contributed by atoms with Gasteiger partial charge in [-0.15, -0.1) is 0 Å². The van der Waals surface area contributed by atoms with Crippen LogP contribution < -0.4 is 10.6 Å². The lowest BCUT2D eigenvalue weighted by Crippen LogP contribution is -2.27. The summed E-state index contributed by atoms with van der Waals surface area (Å²) >= 11 is 0. The van der Waals surface area contributed by atoms with Crippen molar-refractivity contribution in [1.29, 1.82) is 5.26 Å². The van der Waals surface area contributed by atoms with E-state index in [4.69, 9.17) is 0 Å². The van der Waals surface area contributed by atoms with Crippen molar-refractivity contribution in [3.8, 4) is 17.3 Å². The lowest BCUT2D eigenvalue weighted by molar-refractivity contribution is 0.0954. The van der Waals surface area contributed by atoms with Gasteiger partial charge >= 0.3 is 0 Å². The highest BCUT2D eigenvalue weighted by Gasteiger charge is 2.15. The fraction of sp³-hybridized carbons (Fsp3) is 0.148. The van der Waals surface area contributed by atoms with Crippen LogP contribution in [0.5, 0.6) is 0 Å². The molecule has 0 aliphatic heterocycles. The van der Waals surface area contributed by atoms with E-state index in [0.717, 1.165) is 11.3 Å². The van der Waals surface area contributed by atoms with Crippen molar-refractivity contribution in [1.82, 2.24) is 20.3 Å². The standard InChI is InChI=1S/C27H23FN6O/c28-21-6-3-4-19(16-21)10-12-32-26-24(27(35)33-13-11-22-18-30-14-15-31-22)8-9-25(34-26)23-7-2-1-5-20(23)17-29/h1-9,14-16,18H,10-13H2,(H,32,34)(H,33,35). The highest BCUT2D eigenvalue weighted by Crippen LogP contribution is 2.25. The number of halogens is 1. The normalized spacial score (nSPS) is 10.4. The summed E-state index contributed by atoms with van der Waals surface area (Å²) in [6, 6.07) is 19.2. The maximum atomic E-state index is 13.5. The predicted molar refractivity (Wildman–Crippen MR) is 131 cm³/mol. The number of amides is 1. The number of hydrogen-bond acceptors (Lipinski definition) is 6. The number of anilines is 1. The third-order valence-electron chi connectivity index (χ3n) is 5.34. The highest BCUT2D eigenvalue weighted by atomic mass is 19.1. The molecule has 174 valence electrons.